The van der Waals surface area contributed by atoms with Crippen LogP contribution in [0.5, 0.6) is 5.75 Å². The third-order valence-corrected chi connectivity index (χ3v) is 2.79. The summed E-state index contributed by atoms with van der Waals surface area (Å²) in [7, 11) is 1.35. The Kier molecular flexibility index (Phi) is 3.92. The summed E-state index contributed by atoms with van der Waals surface area (Å²) in [5.41, 5.74) is 0.638. The first-order valence-corrected chi connectivity index (χ1v) is 5.74. The van der Waals surface area contributed by atoms with E-state index in [-0.39, 0.29) is 11.3 Å². The minimum absolute atomic E-state index is 0.111. The first kappa shape index (κ1) is 13.2. The average molecular weight is 260 g/mol. The molecule has 0 aromatic heterocycles. The molecule has 2 aromatic carbocycles. The molecule has 0 saturated heterocycles. The molecule has 0 spiro atoms. The Morgan fingerprint density at radius 1 is 1.21 bits per heavy atom. The van der Waals surface area contributed by atoms with Crippen molar-refractivity contribution in [2.75, 3.05) is 7.11 Å². The van der Waals surface area contributed by atoms with Crippen molar-refractivity contribution in [3.8, 4) is 5.75 Å². The maximum absolute atomic E-state index is 13.1. The largest absolute Gasteiger partial charge is 0.496 e. The number of halogens is 1. The van der Waals surface area contributed by atoms with Gasteiger partial charge in [0.25, 0.3) is 0 Å². The van der Waals surface area contributed by atoms with E-state index in [1.807, 2.05) is 0 Å². The molecule has 0 fully saturated rings. The second kappa shape index (κ2) is 5.63. The van der Waals surface area contributed by atoms with Crippen LogP contribution in [0.3, 0.4) is 0 Å². The van der Waals surface area contributed by atoms with Crippen molar-refractivity contribution in [1.82, 2.24) is 0 Å². The molecule has 2 rings (SSSR count). The molecular weight excluding hydrogens is 247 g/mol. The maximum atomic E-state index is 13.1. The molecule has 0 bridgehead atoms. The molecular formula is C15H13FO3. The van der Waals surface area contributed by atoms with Gasteiger partial charge in [-0.15, -0.1) is 0 Å². The molecule has 98 valence electrons. The molecule has 19 heavy (non-hydrogen) atoms. The van der Waals surface area contributed by atoms with Crippen molar-refractivity contribution in [3.63, 3.8) is 0 Å². The van der Waals surface area contributed by atoms with Crippen LogP contribution in [0.25, 0.3) is 0 Å². The van der Waals surface area contributed by atoms with Crippen LogP contribution in [0, 0.1) is 5.82 Å². The number of carbonyl (C=O) groups is 1. The quantitative estimate of drug-likeness (QED) is 0.860. The smallest absolute Gasteiger partial charge is 0.199 e. The van der Waals surface area contributed by atoms with Gasteiger partial charge in [0.15, 0.2) is 5.78 Å². The molecule has 4 heteroatoms. The van der Waals surface area contributed by atoms with Crippen LogP contribution >= 0.6 is 0 Å². The number of hydrogen-bond acceptors (Lipinski definition) is 3. The third kappa shape index (κ3) is 2.80. The van der Waals surface area contributed by atoms with Gasteiger partial charge in [0, 0.05) is 6.07 Å². The van der Waals surface area contributed by atoms with Crippen molar-refractivity contribution in [1.29, 1.82) is 0 Å². The van der Waals surface area contributed by atoms with Gasteiger partial charge in [-0.25, -0.2) is 4.39 Å². The summed E-state index contributed by atoms with van der Waals surface area (Å²) in [6.07, 6.45) is -1.29. The van der Waals surface area contributed by atoms with E-state index in [0.717, 1.165) is 12.1 Å². The van der Waals surface area contributed by atoms with E-state index in [1.165, 1.54) is 13.2 Å². The molecule has 0 radical (unpaired) electrons. The number of rotatable bonds is 4. The first-order chi connectivity index (χ1) is 9.13. The summed E-state index contributed by atoms with van der Waals surface area (Å²) >= 11 is 0. The van der Waals surface area contributed by atoms with Gasteiger partial charge in [-0.2, -0.15) is 0 Å². The fourth-order valence-corrected chi connectivity index (χ4v) is 1.80. The Bertz CT molecular complexity index is 581. The van der Waals surface area contributed by atoms with Gasteiger partial charge in [-0.05, 0) is 17.7 Å². The van der Waals surface area contributed by atoms with E-state index in [2.05, 4.69) is 0 Å². The van der Waals surface area contributed by atoms with Gasteiger partial charge in [0.2, 0.25) is 0 Å². The minimum Gasteiger partial charge on any atom is -0.496 e. The molecule has 0 aliphatic heterocycles. The van der Waals surface area contributed by atoms with Crippen LogP contribution in [-0.4, -0.2) is 18.0 Å². The van der Waals surface area contributed by atoms with Gasteiger partial charge < -0.3 is 9.84 Å². The summed E-state index contributed by atoms with van der Waals surface area (Å²) in [4.78, 5) is 12.2. The van der Waals surface area contributed by atoms with Crippen LogP contribution in [0.1, 0.15) is 22.0 Å². The average Bonchev–Trinajstić information content (AvgIpc) is 2.46. The van der Waals surface area contributed by atoms with Crippen LogP contribution in [0.4, 0.5) is 4.39 Å². The van der Waals surface area contributed by atoms with Crippen LogP contribution in [0.15, 0.2) is 48.5 Å². The molecule has 2 aromatic rings. The summed E-state index contributed by atoms with van der Waals surface area (Å²) in [6.45, 7) is 0. The predicted octanol–water partition coefficient (Wildman–Crippen LogP) is 2.75. The van der Waals surface area contributed by atoms with Gasteiger partial charge in [0.1, 0.15) is 17.7 Å². The first-order valence-electron chi connectivity index (χ1n) is 5.74. The maximum Gasteiger partial charge on any atom is 0.199 e. The van der Waals surface area contributed by atoms with Crippen LogP contribution in [-0.2, 0) is 0 Å². The molecule has 0 aliphatic carbocycles. The van der Waals surface area contributed by atoms with Gasteiger partial charge in [-0.3, -0.25) is 4.79 Å². The van der Waals surface area contributed by atoms with Gasteiger partial charge in [-0.1, -0.05) is 30.3 Å². The SMILES string of the molecule is COc1cc(F)ccc1C(=O)C(O)c1ccccc1. The highest BCUT2D eigenvalue weighted by Gasteiger charge is 2.22. The number of Topliss-reactive ketones (excluding diaryl/α,β-unsaturated/α-hetero) is 1. The molecule has 0 saturated carbocycles. The minimum atomic E-state index is -1.29. The fourth-order valence-electron chi connectivity index (χ4n) is 1.80. The standard InChI is InChI=1S/C15H13FO3/c1-19-13-9-11(16)7-8-12(13)15(18)14(17)10-5-3-2-4-6-10/h2-9,14,17H,1H3. The van der Waals surface area contributed by atoms with Gasteiger partial charge in [0.05, 0.1) is 12.7 Å². The highest BCUT2D eigenvalue weighted by Crippen LogP contribution is 2.25. The number of hydrogen-bond donors (Lipinski definition) is 1. The molecule has 1 atom stereocenters. The Hall–Kier alpha value is -2.20. The molecule has 1 unspecified atom stereocenters. The predicted molar refractivity (Wildman–Crippen MR) is 68.7 cm³/mol. The molecule has 1 N–H and O–H groups in total. The van der Waals surface area contributed by atoms with Crippen molar-refractivity contribution in [2.24, 2.45) is 0 Å². The lowest BCUT2D eigenvalue weighted by atomic mass is 9.99. The second-order valence-electron chi connectivity index (χ2n) is 4.02. The van der Waals surface area contributed by atoms with E-state index in [4.69, 9.17) is 4.74 Å². The lowest BCUT2D eigenvalue weighted by Gasteiger charge is -2.12. The zero-order valence-corrected chi connectivity index (χ0v) is 10.3. The highest BCUT2D eigenvalue weighted by atomic mass is 19.1. The third-order valence-electron chi connectivity index (χ3n) is 2.79. The lowest BCUT2D eigenvalue weighted by Crippen LogP contribution is -2.13. The Morgan fingerprint density at radius 2 is 1.89 bits per heavy atom. The van der Waals surface area contributed by atoms with E-state index >= 15 is 0 Å². The number of methoxy groups -OCH3 is 1. The van der Waals surface area contributed by atoms with Crippen molar-refractivity contribution >= 4 is 5.78 Å². The molecule has 3 nitrogen and oxygen atoms in total. The molecule has 0 heterocycles. The monoisotopic (exact) mass is 260 g/mol. The molecule has 0 amide bonds. The summed E-state index contributed by atoms with van der Waals surface area (Å²) in [6, 6.07) is 12.1. The highest BCUT2D eigenvalue weighted by molar-refractivity contribution is 6.02. The fraction of sp³-hybridized carbons (Fsp3) is 0.133. The van der Waals surface area contributed by atoms with Crippen LogP contribution in [0.2, 0.25) is 0 Å². The Balaban J connectivity index is 2.34. The molecule has 0 aliphatic rings. The number of benzene rings is 2. The van der Waals surface area contributed by atoms with E-state index < -0.39 is 17.7 Å². The normalized spacial score (nSPS) is 11.9. The summed E-state index contributed by atoms with van der Waals surface area (Å²) in [5, 5.41) is 10.0. The summed E-state index contributed by atoms with van der Waals surface area (Å²) in [5.74, 6) is -0.911. The zero-order chi connectivity index (χ0) is 13.8. The van der Waals surface area contributed by atoms with Gasteiger partial charge >= 0.3 is 0 Å². The topological polar surface area (TPSA) is 46.5 Å². The lowest BCUT2D eigenvalue weighted by molar-refractivity contribution is 0.0744. The van der Waals surface area contributed by atoms with Crippen molar-refractivity contribution < 1.29 is 19.0 Å². The Morgan fingerprint density at radius 3 is 2.53 bits per heavy atom. The number of aliphatic hydroxyl groups excluding tert-OH is 1. The number of aliphatic hydroxyl groups is 1. The van der Waals surface area contributed by atoms with Crippen LogP contribution < -0.4 is 4.74 Å². The van der Waals surface area contributed by atoms with Crippen molar-refractivity contribution in [2.45, 2.75) is 6.10 Å². The van der Waals surface area contributed by atoms with E-state index in [0.29, 0.717) is 5.56 Å². The van der Waals surface area contributed by atoms with E-state index in [9.17, 15) is 14.3 Å². The van der Waals surface area contributed by atoms with E-state index in [1.54, 1.807) is 30.3 Å². The van der Waals surface area contributed by atoms with Crippen molar-refractivity contribution in [3.05, 3.63) is 65.5 Å². The Labute approximate surface area is 110 Å². The number of ketones is 1. The number of carbonyl (C=O) groups excluding carboxylic acids is 1. The summed E-state index contributed by atoms with van der Waals surface area (Å²) < 4.78 is 18.0. The number of ether oxygens (including phenoxy) is 1. The second-order valence-corrected chi connectivity index (χ2v) is 4.02. The zero-order valence-electron chi connectivity index (χ0n) is 10.3.